The fourth-order valence-electron chi connectivity index (χ4n) is 2.44. The molecule has 0 saturated heterocycles. The molecular formula is C16H8O4. The number of fused-ring (bicyclic) bond motifs is 4. The summed E-state index contributed by atoms with van der Waals surface area (Å²) in [7, 11) is 0. The van der Waals surface area contributed by atoms with Crippen molar-refractivity contribution in [3.63, 3.8) is 0 Å². The Morgan fingerprint density at radius 1 is 0.700 bits per heavy atom. The SMILES string of the molecule is O=c1oc2oc3ccccc3c(=O)c2c2ccccc12. The van der Waals surface area contributed by atoms with E-state index in [9.17, 15) is 9.59 Å². The maximum atomic E-state index is 12.6. The lowest BCUT2D eigenvalue weighted by atomic mass is 10.1. The van der Waals surface area contributed by atoms with E-state index in [4.69, 9.17) is 8.83 Å². The average molecular weight is 264 g/mol. The molecule has 0 N–H and O–H groups in total. The van der Waals surface area contributed by atoms with Gasteiger partial charge in [-0.05, 0) is 18.2 Å². The molecule has 96 valence electrons. The summed E-state index contributed by atoms with van der Waals surface area (Å²) in [5, 5.41) is 1.71. The van der Waals surface area contributed by atoms with Crippen LogP contribution in [0.2, 0.25) is 0 Å². The molecule has 0 fully saturated rings. The molecule has 20 heavy (non-hydrogen) atoms. The van der Waals surface area contributed by atoms with Crippen LogP contribution in [0.4, 0.5) is 0 Å². The highest BCUT2D eigenvalue weighted by molar-refractivity contribution is 6.05. The van der Waals surface area contributed by atoms with E-state index >= 15 is 0 Å². The summed E-state index contributed by atoms with van der Waals surface area (Å²) in [4.78, 5) is 24.5. The molecule has 0 unspecified atom stereocenters. The molecule has 2 heterocycles. The minimum atomic E-state index is -0.508. The summed E-state index contributed by atoms with van der Waals surface area (Å²) >= 11 is 0. The topological polar surface area (TPSA) is 60.4 Å². The van der Waals surface area contributed by atoms with Crippen LogP contribution in [-0.2, 0) is 0 Å². The zero-order chi connectivity index (χ0) is 13.7. The van der Waals surface area contributed by atoms with Gasteiger partial charge in [-0.3, -0.25) is 4.79 Å². The quantitative estimate of drug-likeness (QED) is 0.362. The zero-order valence-electron chi connectivity index (χ0n) is 10.3. The Hall–Kier alpha value is -2.88. The van der Waals surface area contributed by atoms with E-state index in [1.54, 1.807) is 48.5 Å². The number of benzene rings is 2. The van der Waals surface area contributed by atoms with E-state index in [-0.39, 0.29) is 11.2 Å². The van der Waals surface area contributed by atoms with Crippen LogP contribution in [0.5, 0.6) is 0 Å². The Labute approximate surface area is 111 Å². The number of hydrogen-bond acceptors (Lipinski definition) is 4. The van der Waals surface area contributed by atoms with Crippen LogP contribution in [0.15, 0.2) is 67.0 Å². The molecule has 2 aromatic heterocycles. The van der Waals surface area contributed by atoms with E-state index in [1.807, 2.05) is 0 Å². The average Bonchev–Trinajstić information content (AvgIpc) is 2.47. The predicted octanol–water partition coefficient (Wildman–Crippen LogP) is 3.05. The van der Waals surface area contributed by atoms with Gasteiger partial charge in [0.25, 0.3) is 0 Å². The fourth-order valence-corrected chi connectivity index (χ4v) is 2.44. The Morgan fingerprint density at radius 2 is 1.35 bits per heavy atom. The van der Waals surface area contributed by atoms with Gasteiger partial charge in [-0.1, -0.05) is 30.3 Å². The van der Waals surface area contributed by atoms with Gasteiger partial charge >= 0.3 is 11.4 Å². The third-order valence-corrected chi connectivity index (χ3v) is 3.37. The second kappa shape index (κ2) is 3.81. The van der Waals surface area contributed by atoms with Crippen molar-refractivity contribution in [3.05, 3.63) is 69.2 Å². The smallest absolute Gasteiger partial charge is 0.346 e. The van der Waals surface area contributed by atoms with Crippen molar-refractivity contribution in [2.75, 3.05) is 0 Å². The Kier molecular flexibility index (Phi) is 2.09. The zero-order valence-corrected chi connectivity index (χ0v) is 10.3. The van der Waals surface area contributed by atoms with Crippen LogP contribution in [0.1, 0.15) is 0 Å². The van der Waals surface area contributed by atoms with E-state index in [0.717, 1.165) is 0 Å². The van der Waals surface area contributed by atoms with E-state index in [0.29, 0.717) is 27.1 Å². The van der Waals surface area contributed by atoms with Crippen molar-refractivity contribution in [1.82, 2.24) is 0 Å². The summed E-state index contributed by atoms with van der Waals surface area (Å²) in [6, 6.07) is 13.8. The number of hydrogen-bond donors (Lipinski definition) is 0. The summed E-state index contributed by atoms with van der Waals surface area (Å²) in [5.74, 6) is -0.0302. The Morgan fingerprint density at radius 3 is 2.15 bits per heavy atom. The molecule has 0 amide bonds. The highest BCUT2D eigenvalue weighted by atomic mass is 16.5. The van der Waals surface area contributed by atoms with Crippen LogP contribution in [0, 0.1) is 0 Å². The molecule has 4 nitrogen and oxygen atoms in total. The second-order valence-electron chi connectivity index (χ2n) is 4.52. The number of para-hydroxylation sites is 1. The minimum Gasteiger partial charge on any atom is -0.425 e. The molecule has 0 atom stereocenters. The molecule has 0 aliphatic rings. The van der Waals surface area contributed by atoms with Crippen LogP contribution >= 0.6 is 0 Å². The van der Waals surface area contributed by atoms with Crippen LogP contribution < -0.4 is 11.1 Å². The maximum Gasteiger partial charge on any atom is 0.346 e. The van der Waals surface area contributed by atoms with Crippen LogP contribution in [-0.4, -0.2) is 0 Å². The lowest BCUT2D eigenvalue weighted by Crippen LogP contribution is -2.07. The van der Waals surface area contributed by atoms with E-state index in [1.165, 1.54) is 0 Å². The van der Waals surface area contributed by atoms with Crippen molar-refractivity contribution in [2.45, 2.75) is 0 Å². The van der Waals surface area contributed by atoms with Gasteiger partial charge < -0.3 is 8.83 Å². The van der Waals surface area contributed by atoms with Crippen molar-refractivity contribution in [2.24, 2.45) is 0 Å². The third-order valence-electron chi connectivity index (χ3n) is 3.37. The van der Waals surface area contributed by atoms with Gasteiger partial charge in [0.15, 0.2) is 0 Å². The lowest BCUT2D eigenvalue weighted by Gasteiger charge is -2.02. The van der Waals surface area contributed by atoms with Crippen molar-refractivity contribution >= 4 is 32.9 Å². The molecule has 4 heteroatoms. The molecule has 0 aliphatic carbocycles. The molecule has 4 aromatic rings. The van der Waals surface area contributed by atoms with E-state index < -0.39 is 5.63 Å². The van der Waals surface area contributed by atoms with Crippen LogP contribution in [0.25, 0.3) is 32.9 Å². The van der Waals surface area contributed by atoms with Crippen molar-refractivity contribution in [3.8, 4) is 0 Å². The second-order valence-corrected chi connectivity index (χ2v) is 4.52. The summed E-state index contributed by atoms with van der Waals surface area (Å²) in [5.41, 5.74) is -0.295. The van der Waals surface area contributed by atoms with Gasteiger partial charge in [-0.15, -0.1) is 0 Å². The first-order valence-corrected chi connectivity index (χ1v) is 6.13. The van der Waals surface area contributed by atoms with Gasteiger partial charge in [-0.25, -0.2) is 4.79 Å². The largest absolute Gasteiger partial charge is 0.425 e. The first kappa shape index (κ1) is 11.0. The Balaban J connectivity index is 2.42. The van der Waals surface area contributed by atoms with Gasteiger partial charge in [0, 0.05) is 5.39 Å². The van der Waals surface area contributed by atoms with Crippen LogP contribution in [0.3, 0.4) is 0 Å². The third kappa shape index (κ3) is 1.36. The number of rotatable bonds is 0. The highest BCUT2D eigenvalue weighted by Gasteiger charge is 2.14. The van der Waals surface area contributed by atoms with Crippen molar-refractivity contribution in [1.29, 1.82) is 0 Å². The fraction of sp³-hybridized carbons (Fsp3) is 0. The summed E-state index contributed by atoms with van der Waals surface area (Å²) < 4.78 is 10.7. The lowest BCUT2D eigenvalue weighted by molar-refractivity contribution is 0.466. The van der Waals surface area contributed by atoms with Gasteiger partial charge in [0.2, 0.25) is 5.43 Å². The predicted molar refractivity (Wildman–Crippen MR) is 76.0 cm³/mol. The minimum absolute atomic E-state index is 0.0302. The van der Waals surface area contributed by atoms with Crippen molar-refractivity contribution < 1.29 is 8.83 Å². The summed E-state index contributed by atoms with van der Waals surface area (Å²) in [6.07, 6.45) is 0. The van der Waals surface area contributed by atoms with Gasteiger partial charge in [0.05, 0.1) is 10.8 Å². The molecule has 4 rings (SSSR count). The first-order valence-electron chi connectivity index (χ1n) is 6.13. The molecule has 0 radical (unpaired) electrons. The molecule has 0 bridgehead atoms. The molecule has 0 aliphatic heterocycles. The normalized spacial score (nSPS) is 11.4. The Bertz CT molecular complexity index is 1090. The molecule has 0 saturated carbocycles. The first-order chi connectivity index (χ1) is 9.75. The maximum absolute atomic E-state index is 12.6. The van der Waals surface area contributed by atoms with E-state index in [2.05, 4.69) is 0 Å². The molecule has 2 aromatic carbocycles. The standard InChI is InChI=1S/C16H8O4/c17-14-11-7-3-4-8-12(11)19-16-13(14)9-5-1-2-6-10(9)15(18)20-16/h1-8H. The van der Waals surface area contributed by atoms with Gasteiger partial charge in [0.1, 0.15) is 11.0 Å². The van der Waals surface area contributed by atoms with Gasteiger partial charge in [-0.2, -0.15) is 0 Å². The highest BCUT2D eigenvalue weighted by Crippen LogP contribution is 2.23. The monoisotopic (exact) mass is 264 g/mol. The molecular weight excluding hydrogens is 256 g/mol. The summed E-state index contributed by atoms with van der Waals surface area (Å²) in [6.45, 7) is 0. The molecule has 0 spiro atoms.